The maximum absolute atomic E-state index is 12.2. The van der Waals surface area contributed by atoms with Crippen molar-refractivity contribution in [2.24, 2.45) is 5.10 Å². The highest BCUT2D eigenvalue weighted by molar-refractivity contribution is 7.88. The summed E-state index contributed by atoms with van der Waals surface area (Å²) in [5.74, 6) is 0.352. The van der Waals surface area contributed by atoms with E-state index < -0.39 is 16.1 Å². The Labute approximate surface area is 147 Å². The molecular weight excluding hydrogens is 340 g/mol. The summed E-state index contributed by atoms with van der Waals surface area (Å²) < 4.78 is 30.5. The van der Waals surface area contributed by atoms with Gasteiger partial charge in [-0.1, -0.05) is 29.8 Å². The minimum Gasteiger partial charge on any atom is -0.504 e. The van der Waals surface area contributed by atoms with E-state index in [1.165, 1.54) is 13.2 Å². The van der Waals surface area contributed by atoms with Crippen LogP contribution in [0.3, 0.4) is 0 Å². The zero-order chi connectivity index (χ0) is 18.2. The number of nitrogens with zero attached hydrogens (tertiary/aromatic N) is 2. The Morgan fingerprint density at radius 1 is 1.20 bits per heavy atom. The molecule has 1 N–H and O–H groups in total. The lowest BCUT2D eigenvalue weighted by atomic mass is 9.98. The van der Waals surface area contributed by atoms with Gasteiger partial charge >= 0.3 is 0 Å². The second-order valence-electron chi connectivity index (χ2n) is 6.10. The van der Waals surface area contributed by atoms with Crippen molar-refractivity contribution >= 4 is 15.7 Å². The number of methoxy groups -OCH3 is 1. The highest BCUT2D eigenvalue weighted by Crippen LogP contribution is 2.36. The van der Waals surface area contributed by atoms with E-state index >= 15 is 0 Å². The summed E-state index contributed by atoms with van der Waals surface area (Å²) in [6, 6.07) is 12.3. The average Bonchev–Trinajstić information content (AvgIpc) is 3.01. The molecular formula is C18H20N2O4S. The van der Waals surface area contributed by atoms with Crippen LogP contribution in [-0.4, -0.2) is 37.0 Å². The van der Waals surface area contributed by atoms with Crippen molar-refractivity contribution in [2.75, 3.05) is 13.4 Å². The van der Waals surface area contributed by atoms with Gasteiger partial charge in [-0.05, 0) is 30.7 Å². The molecule has 132 valence electrons. The second-order valence-corrected chi connectivity index (χ2v) is 7.94. The van der Waals surface area contributed by atoms with Gasteiger partial charge in [-0.3, -0.25) is 0 Å². The van der Waals surface area contributed by atoms with Gasteiger partial charge in [0.1, 0.15) is 0 Å². The molecule has 1 atom stereocenters. The third-order valence-corrected chi connectivity index (χ3v) is 5.20. The highest BCUT2D eigenvalue weighted by atomic mass is 32.2. The number of phenols is 1. The van der Waals surface area contributed by atoms with E-state index in [1.807, 2.05) is 31.2 Å². The number of hydrogen-bond acceptors (Lipinski definition) is 5. The van der Waals surface area contributed by atoms with Crippen molar-refractivity contribution in [2.45, 2.75) is 19.4 Å². The molecule has 25 heavy (non-hydrogen) atoms. The highest BCUT2D eigenvalue weighted by Gasteiger charge is 2.34. The van der Waals surface area contributed by atoms with Gasteiger partial charge in [0.15, 0.2) is 11.5 Å². The van der Waals surface area contributed by atoms with Gasteiger partial charge in [0, 0.05) is 12.0 Å². The van der Waals surface area contributed by atoms with Crippen molar-refractivity contribution in [1.82, 2.24) is 4.41 Å². The van der Waals surface area contributed by atoms with Gasteiger partial charge in [-0.2, -0.15) is 9.52 Å². The SMILES string of the molecule is COc1ccc(C2=NN(S(C)(=O)=O)[C@H](c3ccc(C)cc3)C2)cc1O. The zero-order valence-electron chi connectivity index (χ0n) is 14.3. The molecule has 0 amide bonds. The monoisotopic (exact) mass is 360 g/mol. The van der Waals surface area contributed by atoms with Gasteiger partial charge in [0.2, 0.25) is 10.0 Å². The van der Waals surface area contributed by atoms with Gasteiger partial charge < -0.3 is 9.84 Å². The molecule has 1 heterocycles. The van der Waals surface area contributed by atoms with Crippen LogP contribution in [0.15, 0.2) is 47.6 Å². The fourth-order valence-electron chi connectivity index (χ4n) is 2.88. The van der Waals surface area contributed by atoms with Crippen LogP contribution in [0.4, 0.5) is 0 Å². The molecule has 6 nitrogen and oxygen atoms in total. The van der Waals surface area contributed by atoms with Crippen molar-refractivity contribution < 1.29 is 18.3 Å². The minimum absolute atomic E-state index is 0.00704. The molecule has 7 heteroatoms. The smallest absolute Gasteiger partial charge is 0.247 e. The van der Waals surface area contributed by atoms with Gasteiger partial charge in [0.25, 0.3) is 0 Å². The van der Waals surface area contributed by atoms with E-state index in [1.54, 1.807) is 12.1 Å². The largest absolute Gasteiger partial charge is 0.504 e. The van der Waals surface area contributed by atoms with Crippen LogP contribution in [0.2, 0.25) is 0 Å². The fraction of sp³-hybridized carbons (Fsp3) is 0.278. The Bertz CT molecular complexity index is 921. The Morgan fingerprint density at radius 3 is 2.44 bits per heavy atom. The van der Waals surface area contributed by atoms with Crippen molar-refractivity contribution in [3.8, 4) is 11.5 Å². The molecule has 0 radical (unpaired) electrons. The Kier molecular flexibility index (Phi) is 4.43. The van der Waals surface area contributed by atoms with Crippen LogP contribution in [0.1, 0.15) is 29.2 Å². The minimum atomic E-state index is -3.52. The summed E-state index contributed by atoms with van der Waals surface area (Å²) in [7, 11) is -2.04. The van der Waals surface area contributed by atoms with Crippen molar-refractivity contribution in [3.63, 3.8) is 0 Å². The lowest BCUT2D eigenvalue weighted by molar-refractivity contribution is 0.373. The first-order chi connectivity index (χ1) is 11.8. The molecule has 0 aliphatic carbocycles. The lowest BCUT2D eigenvalue weighted by Gasteiger charge is -2.21. The molecule has 0 unspecified atom stereocenters. The van der Waals surface area contributed by atoms with Crippen molar-refractivity contribution in [3.05, 3.63) is 59.2 Å². The molecule has 2 aromatic carbocycles. The van der Waals surface area contributed by atoms with E-state index in [4.69, 9.17) is 4.74 Å². The van der Waals surface area contributed by atoms with Gasteiger partial charge in [-0.15, -0.1) is 0 Å². The predicted molar refractivity (Wildman–Crippen MR) is 96.4 cm³/mol. The van der Waals surface area contributed by atoms with Crippen LogP contribution >= 0.6 is 0 Å². The second kappa shape index (κ2) is 6.40. The number of aromatic hydroxyl groups is 1. The summed E-state index contributed by atoms with van der Waals surface area (Å²) in [5, 5.41) is 14.3. The third kappa shape index (κ3) is 3.46. The maximum atomic E-state index is 12.2. The number of rotatable bonds is 4. The normalized spacial score (nSPS) is 17.5. The number of aryl methyl sites for hydroxylation is 1. The fourth-order valence-corrected chi connectivity index (χ4v) is 3.78. The van der Waals surface area contributed by atoms with Crippen LogP contribution in [0.5, 0.6) is 11.5 Å². The average molecular weight is 360 g/mol. The first-order valence-electron chi connectivity index (χ1n) is 7.80. The number of hydrazone groups is 1. The predicted octanol–water partition coefficient (Wildman–Crippen LogP) is 2.82. The van der Waals surface area contributed by atoms with Crippen LogP contribution in [0.25, 0.3) is 0 Å². The van der Waals surface area contributed by atoms with Crippen molar-refractivity contribution in [1.29, 1.82) is 0 Å². The van der Waals surface area contributed by atoms with Gasteiger partial charge in [0.05, 0.1) is 25.1 Å². The van der Waals surface area contributed by atoms with E-state index in [2.05, 4.69) is 5.10 Å². The van der Waals surface area contributed by atoms with E-state index in [-0.39, 0.29) is 5.75 Å². The summed E-state index contributed by atoms with van der Waals surface area (Å²) in [4.78, 5) is 0. The summed E-state index contributed by atoms with van der Waals surface area (Å²) >= 11 is 0. The molecule has 0 saturated carbocycles. The molecule has 2 aromatic rings. The molecule has 0 spiro atoms. The first kappa shape index (κ1) is 17.3. The van der Waals surface area contributed by atoms with Gasteiger partial charge in [-0.25, -0.2) is 8.42 Å². The summed E-state index contributed by atoms with van der Waals surface area (Å²) in [5.41, 5.74) is 3.26. The number of benzene rings is 2. The van der Waals surface area contributed by atoms with Crippen LogP contribution in [-0.2, 0) is 10.0 Å². The molecule has 0 aromatic heterocycles. The molecule has 1 aliphatic rings. The first-order valence-corrected chi connectivity index (χ1v) is 9.65. The number of ether oxygens (including phenoxy) is 1. The standard InChI is InChI=1S/C18H20N2O4S/c1-12-4-6-13(7-5-12)16-11-15(19-20(16)25(3,22)23)14-8-9-18(24-2)17(21)10-14/h4-10,16,21H,11H2,1-3H3/t16-/m0/s1. The molecule has 3 rings (SSSR count). The summed E-state index contributed by atoms with van der Waals surface area (Å²) in [6.07, 6.45) is 1.58. The lowest BCUT2D eigenvalue weighted by Crippen LogP contribution is -2.25. The van der Waals surface area contributed by atoms with E-state index in [9.17, 15) is 13.5 Å². The Hall–Kier alpha value is -2.54. The third-order valence-electron chi connectivity index (χ3n) is 4.19. The summed E-state index contributed by atoms with van der Waals surface area (Å²) in [6.45, 7) is 1.98. The Morgan fingerprint density at radius 2 is 1.88 bits per heavy atom. The zero-order valence-corrected chi connectivity index (χ0v) is 15.1. The molecule has 0 saturated heterocycles. The van der Waals surface area contributed by atoms with E-state index in [0.29, 0.717) is 23.4 Å². The van der Waals surface area contributed by atoms with Crippen LogP contribution < -0.4 is 4.74 Å². The van der Waals surface area contributed by atoms with Crippen LogP contribution in [0, 0.1) is 6.92 Å². The number of phenolic OH excluding ortho intramolecular Hbond substituents is 1. The Balaban J connectivity index is 1.99. The topological polar surface area (TPSA) is 79.2 Å². The maximum Gasteiger partial charge on any atom is 0.247 e. The molecule has 1 aliphatic heterocycles. The van der Waals surface area contributed by atoms with E-state index in [0.717, 1.165) is 21.8 Å². The number of hydrogen-bond donors (Lipinski definition) is 1. The molecule has 0 bridgehead atoms. The molecule has 0 fully saturated rings. The number of sulfonamides is 1. The quantitative estimate of drug-likeness (QED) is 0.909.